The molecule has 0 aromatic heterocycles. The third-order valence-electron chi connectivity index (χ3n) is 4.78. The van der Waals surface area contributed by atoms with Crippen LogP contribution in [-0.2, 0) is 6.42 Å². The van der Waals surface area contributed by atoms with Crippen LogP contribution in [0.3, 0.4) is 0 Å². The number of halogens is 2. The molecule has 0 amide bonds. The molecule has 1 fully saturated rings. The van der Waals surface area contributed by atoms with Gasteiger partial charge < -0.3 is 5.32 Å². The molecule has 0 spiro atoms. The standard InChI is InChI=1S/C18H27Cl2N/c1-3-6-13-9-10-18(21-4-2)14(11-13)12-15-16(19)7-5-8-17(15)20/h5,7-8,13-14,18,21H,3-4,6,9-12H2,1-2H3. The Morgan fingerprint density at radius 3 is 2.48 bits per heavy atom. The van der Waals surface area contributed by atoms with Crippen LogP contribution in [0.1, 0.15) is 51.5 Å². The quantitative estimate of drug-likeness (QED) is 0.703. The van der Waals surface area contributed by atoms with Crippen molar-refractivity contribution in [1.82, 2.24) is 5.32 Å². The lowest BCUT2D eigenvalue weighted by Gasteiger charge is -2.37. The number of nitrogens with one attached hydrogen (secondary N) is 1. The van der Waals surface area contributed by atoms with Gasteiger partial charge in [-0.2, -0.15) is 0 Å². The van der Waals surface area contributed by atoms with E-state index < -0.39 is 0 Å². The fourth-order valence-corrected chi connectivity index (χ4v) is 4.33. The van der Waals surface area contributed by atoms with Gasteiger partial charge in [-0.15, -0.1) is 0 Å². The highest BCUT2D eigenvalue weighted by Crippen LogP contribution is 2.37. The molecule has 3 atom stereocenters. The van der Waals surface area contributed by atoms with Gasteiger partial charge in [0, 0.05) is 16.1 Å². The second kappa shape index (κ2) is 8.41. The van der Waals surface area contributed by atoms with Crippen molar-refractivity contribution in [3.05, 3.63) is 33.8 Å². The van der Waals surface area contributed by atoms with E-state index in [9.17, 15) is 0 Å². The molecule has 1 aromatic rings. The minimum Gasteiger partial charge on any atom is -0.314 e. The van der Waals surface area contributed by atoms with E-state index in [-0.39, 0.29) is 0 Å². The van der Waals surface area contributed by atoms with Crippen molar-refractivity contribution in [1.29, 1.82) is 0 Å². The van der Waals surface area contributed by atoms with Gasteiger partial charge in [-0.05, 0) is 61.8 Å². The van der Waals surface area contributed by atoms with Crippen LogP contribution >= 0.6 is 23.2 Å². The van der Waals surface area contributed by atoms with Crippen molar-refractivity contribution in [3.8, 4) is 0 Å². The van der Waals surface area contributed by atoms with Crippen LogP contribution in [0.15, 0.2) is 18.2 Å². The molecule has 21 heavy (non-hydrogen) atoms. The average molecular weight is 328 g/mol. The minimum absolute atomic E-state index is 0.607. The summed E-state index contributed by atoms with van der Waals surface area (Å²) in [4.78, 5) is 0. The number of hydrogen-bond donors (Lipinski definition) is 1. The SMILES string of the molecule is CCCC1CCC(NCC)C(Cc2c(Cl)cccc2Cl)C1. The molecule has 1 aromatic carbocycles. The van der Waals surface area contributed by atoms with Gasteiger partial charge >= 0.3 is 0 Å². The van der Waals surface area contributed by atoms with Crippen molar-refractivity contribution in [3.63, 3.8) is 0 Å². The fraction of sp³-hybridized carbons (Fsp3) is 0.667. The zero-order chi connectivity index (χ0) is 15.2. The lowest BCUT2D eigenvalue weighted by molar-refractivity contribution is 0.195. The Morgan fingerprint density at radius 2 is 1.86 bits per heavy atom. The van der Waals surface area contributed by atoms with E-state index in [1.165, 1.54) is 32.1 Å². The zero-order valence-corrected chi connectivity index (χ0v) is 14.7. The summed E-state index contributed by atoms with van der Waals surface area (Å²) in [5, 5.41) is 5.30. The van der Waals surface area contributed by atoms with Crippen LogP contribution < -0.4 is 5.32 Å². The Kier molecular flexibility index (Phi) is 6.85. The van der Waals surface area contributed by atoms with Gasteiger partial charge in [0.2, 0.25) is 0 Å². The second-order valence-corrected chi connectivity index (χ2v) is 7.11. The lowest BCUT2D eigenvalue weighted by Crippen LogP contribution is -2.41. The number of rotatable bonds is 6. The highest BCUT2D eigenvalue weighted by molar-refractivity contribution is 6.35. The molecule has 1 aliphatic carbocycles. The summed E-state index contributed by atoms with van der Waals surface area (Å²) >= 11 is 12.7. The van der Waals surface area contributed by atoms with E-state index in [2.05, 4.69) is 19.2 Å². The molecule has 3 heteroatoms. The molecule has 0 bridgehead atoms. The molecule has 0 aliphatic heterocycles. The number of hydrogen-bond acceptors (Lipinski definition) is 1. The topological polar surface area (TPSA) is 12.0 Å². The Bertz CT molecular complexity index is 427. The zero-order valence-electron chi connectivity index (χ0n) is 13.2. The van der Waals surface area contributed by atoms with E-state index in [1.54, 1.807) is 0 Å². The Balaban J connectivity index is 2.12. The Morgan fingerprint density at radius 1 is 1.14 bits per heavy atom. The summed E-state index contributed by atoms with van der Waals surface area (Å²) in [6, 6.07) is 6.45. The summed E-state index contributed by atoms with van der Waals surface area (Å²) in [5.74, 6) is 1.52. The largest absolute Gasteiger partial charge is 0.314 e. The summed E-state index contributed by atoms with van der Waals surface area (Å²) in [7, 11) is 0. The van der Waals surface area contributed by atoms with Gasteiger partial charge in [0.05, 0.1) is 0 Å². The van der Waals surface area contributed by atoms with E-state index in [0.717, 1.165) is 34.5 Å². The third-order valence-corrected chi connectivity index (χ3v) is 5.49. The first-order chi connectivity index (χ1) is 10.2. The predicted molar refractivity (Wildman–Crippen MR) is 93.4 cm³/mol. The van der Waals surface area contributed by atoms with Gasteiger partial charge in [0.15, 0.2) is 0 Å². The van der Waals surface area contributed by atoms with E-state index >= 15 is 0 Å². The Hall–Kier alpha value is -0.240. The van der Waals surface area contributed by atoms with Crippen molar-refractivity contribution in [2.24, 2.45) is 11.8 Å². The summed E-state index contributed by atoms with van der Waals surface area (Å²) in [6.45, 7) is 5.52. The fourth-order valence-electron chi connectivity index (χ4n) is 3.78. The van der Waals surface area contributed by atoms with Gasteiger partial charge in [0.1, 0.15) is 0 Å². The molecule has 1 saturated carbocycles. The number of benzene rings is 1. The van der Waals surface area contributed by atoms with Crippen LogP contribution in [0.4, 0.5) is 0 Å². The highest BCUT2D eigenvalue weighted by atomic mass is 35.5. The van der Waals surface area contributed by atoms with Crippen LogP contribution in [0.2, 0.25) is 10.0 Å². The normalized spacial score (nSPS) is 26.0. The summed E-state index contributed by atoms with van der Waals surface area (Å²) in [5.41, 5.74) is 1.13. The molecule has 2 rings (SSSR count). The maximum Gasteiger partial charge on any atom is 0.0452 e. The maximum atomic E-state index is 6.37. The molecule has 0 saturated heterocycles. The van der Waals surface area contributed by atoms with Crippen molar-refractivity contribution >= 4 is 23.2 Å². The van der Waals surface area contributed by atoms with Crippen LogP contribution in [0.5, 0.6) is 0 Å². The average Bonchev–Trinajstić information content (AvgIpc) is 2.46. The van der Waals surface area contributed by atoms with Crippen molar-refractivity contribution in [2.45, 2.75) is 58.4 Å². The van der Waals surface area contributed by atoms with Crippen LogP contribution in [0.25, 0.3) is 0 Å². The summed E-state index contributed by atoms with van der Waals surface area (Å²) in [6.07, 6.45) is 7.58. The van der Waals surface area contributed by atoms with E-state index in [4.69, 9.17) is 23.2 Å². The van der Waals surface area contributed by atoms with Crippen molar-refractivity contribution in [2.75, 3.05) is 6.54 Å². The molecule has 1 N–H and O–H groups in total. The van der Waals surface area contributed by atoms with Gasteiger partial charge in [0.25, 0.3) is 0 Å². The Labute approximate surface area is 139 Å². The van der Waals surface area contributed by atoms with Crippen molar-refractivity contribution < 1.29 is 0 Å². The minimum atomic E-state index is 0.607. The molecule has 118 valence electrons. The predicted octanol–water partition coefficient (Wildman–Crippen LogP) is 5.73. The van der Waals surface area contributed by atoms with Gasteiger partial charge in [-0.1, -0.05) is 56.0 Å². The first-order valence-corrected chi connectivity index (χ1v) is 9.07. The molecule has 0 radical (unpaired) electrons. The maximum absolute atomic E-state index is 6.37. The monoisotopic (exact) mass is 327 g/mol. The summed E-state index contributed by atoms with van der Waals surface area (Å²) < 4.78 is 0. The molecule has 1 nitrogen and oxygen atoms in total. The van der Waals surface area contributed by atoms with E-state index in [1.807, 2.05) is 18.2 Å². The van der Waals surface area contributed by atoms with Gasteiger partial charge in [-0.3, -0.25) is 0 Å². The molecular formula is C18H27Cl2N. The van der Waals surface area contributed by atoms with Gasteiger partial charge in [-0.25, -0.2) is 0 Å². The smallest absolute Gasteiger partial charge is 0.0452 e. The van der Waals surface area contributed by atoms with Crippen LogP contribution in [-0.4, -0.2) is 12.6 Å². The first-order valence-electron chi connectivity index (χ1n) is 8.31. The highest BCUT2D eigenvalue weighted by Gasteiger charge is 2.30. The molecule has 3 unspecified atom stereocenters. The van der Waals surface area contributed by atoms with E-state index in [0.29, 0.717) is 12.0 Å². The second-order valence-electron chi connectivity index (χ2n) is 6.30. The molecule has 0 heterocycles. The molecule has 1 aliphatic rings. The molecular weight excluding hydrogens is 301 g/mol. The lowest BCUT2D eigenvalue weighted by atomic mass is 9.74. The third kappa shape index (κ3) is 4.61. The van der Waals surface area contributed by atoms with Crippen LogP contribution in [0, 0.1) is 11.8 Å². The first kappa shape index (κ1) is 17.1.